The summed E-state index contributed by atoms with van der Waals surface area (Å²) in [6.07, 6.45) is -4.69. The van der Waals surface area contributed by atoms with Crippen LogP contribution in [0.15, 0.2) is 18.2 Å². The van der Waals surface area contributed by atoms with Crippen LogP contribution in [0.3, 0.4) is 0 Å². The second-order valence-corrected chi connectivity index (χ2v) is 5.65. The molecule has 0 radical (unpaired) electrons. The molecular weight excluding hydrogens is 300 g/mol. The summed E-state index contributed by atoms with van der Waals surface area (Å²) in [5.41, 5.74) is -0.835. The van der Waals surface area contributed by atoms with Crippen molar-refractivity contribution in [2.75, 3.05) is 26.7 Å². The van der Waals surface area contributed by atoms with E-state index >= 15 is 0 Å². The maximum Gasteiger partial charge on any atom is 0.419 e. The normalized spacial score (nSPS) is 21.8. The lowest BCUT2D eigenvalue weighted by molar-refractivity contribution is -0.140. The van der Waals surface area contributed by atoms with Gasteiger partial charge in [0.25, 0.3) is 0 Å². The molecule has 0 aromatic heterocycles. The fourth-order valence-corrected chi connectivity index (χ4v) is 2.42. The Morgan fingerprint density at radius 3 is 2.77 bits per heavy atom. The van der Waals surface area contributed by atoms with Gasteiger partial charge >= 0.3 is 6.18 Å². The first-order valence-corrected chi connectivity index (χ1v) is 7.16. The smallest absolute Gasteiger partial charge is 0.374 e. The zero-order chi connectivity index (χ0) is 16.3. The number of hydrogen-bond donors (Lipinski definition) is 1. The summed E-state index contributed by atoms with van der Waals surface area (Å²) >= 11 is 0. The summed E-state index contributed by atoms with van der Waals surface area (Å²) in [4.78, 5) is 2.14. The molecule has 3 nitrogen and oxygen atoms in total. The maximum absolute atomic E-state index is 13.2. The topological polar surface area (TPSA) is 24.5 Å². The molecule has 1 saturated heterocycles. The minimum Gasteiger partial charge on any atom is -0.374 e. The van der Waals surface area contributed by atoms with Gasteiger partial charge in [0.15, 0.2) is 0 Å². The van der Waals surface area contributed by atoms with E-state index in [4.69, 9.17) is 4.74 Å². The van der Waals surface area contributed by atoms with E-state index in [0.29, 0.717) is 12.2 Å². The average Bonchev–Trinajstić information content (AvgIpc) is 2.45. The predicted molar refractivity (Wildman–Crippen MR) is 74.9 cm³/mol. The van der Waals surface area contributed by atoms with Gasteiger partial charge in [-0.1, -0.05) is 6.07 Å². The van der Waals surface area contributed by atoms with Crippen LogP contribution in [0.25, 0.3) is 0 Å². The fraction of sp³-hybridized carbons (Fsp3) is 0.600. The van der Waals surface area contributed by atoms with Crippen LogP contribution in [-0.2, 0) is 17.5 Å². The molecule has 1 fully saturated rings. The summed E-state index contributed by atoms with van der Waals surface area (Å²) < 4.78 is 56.9. The van der Waals surface area contributed by atoms with Gasteiger partial charge in [0, 0.05) is 25.7 Å². The maximum atomic E-state index is 13.2. The number of nitrogens with zero attached hydrogens (tertiary/aromatic N) is 1. The molecule has 0 spiro atoms. The van der Waals surface area contributed by atoms with Gasteiger partial charge in [-0.15, -0.1) is 0 Å². The van der Waals surface area contributed by atoms with Crippen LogP contribution in [0.1, 0.15) is 18.1 Å². The number of hydrogen-bond acceptors (Lipinski definition) is 3. The van der Waals surface area contributed by atoms with Crippen molar-refractivity contribution in [3.63, 3.8) is 0 Å². The van der Waals surface area contributed by atoms with Crippen molar-refractivity contribution in [2.24, 2.45) is 0 Å². The van der Waals surface area contributed by atoms with E-state index in [-0.39, 0.29) is 18.7 Å². The Hall–Kier alpha value is -1.18. The molecule has 124 valence electrons. The SMILES string of the molecule is C[C@@H](NCc1ccc(F)c(C(F)(F)F)c1)[C@@H]1CN(C)CCO1. The summed E-state index contributed by atoms with van der Waals surface area (Å²) in [6, 6.07) is 3.05. The van der Waals surface area contributed by atoms with Gasteiger partial charge in [-0.2, -0.15) is 13.2 Å². The molecule has 1 aromatic rings. The summed E-state index contributed by atoms with van der Waals surface area (Å²) in [7, 11) is 2.00. The highest BCUT2D eigenvalue weighted by atomic mass is 19.4. The van der Waals surface area contributed by atoms with E-state index in [1.165, 1.54) is 6.07 Å². The lowest BCUT2D eigenvalue weighted by atomic mass is 10.1. The lowest BCUT2D eigenvalue weighted by Crippen LogP contribution is -2.49. The number of benzene rings is 1. The van der Waals surface area contributed by atoms with Crippen LogP contribution in [0.2, 0.25) is 0 Å². The van der Waals surface area contributed by atoms with Gasteiger partial charge in [-0.25, -0.2) is 4.39 Å². The lowest BCUT2D eigenvalue weighted by Gasteiger charge is -2.34. The van der Waals surface area contributed by atoms with Gasteiger partial charge < -0.3 is 15.0 Å². The fourth-order valence-electron chi connectivity index (χ4n) is 2.42. The van der Waals surface area contributed by atoms with Crippen LogP contribution in [0.5, 0.6) is 0 Å². The highest BCUT2D eigenvalue weighted by molar-refractivity contribution is 5.27. The number of halogens is 4. The second-order valence-electron chi connectivity index (χ2n) is 5.65. The Labute approximate surface area is 127 Å². The molecule has 0 saturated carbocycles. The highest BCUT2D eigenvalue weighted by Gasteiger charge is 2.34. The van der Waals surface area contributed by atoms with E-state index < -0.39 is 17.6 Å². The van der Waals surface area contributed by atoms with Gasteiger partial charge in [-0.05, 0) is 31.7 Å². The summed E-state index contributed by atoms with van der Waals surface area (Å²) in [6.45, 7) is 4.44. The molecular formula is C15H20F4N2O. The molecule has 7 heteroatoms. The molecule has 2 rings (SSSR count). The molecule has 1 heterocycles. The first kappa shape index (κ1) is 17.2. The average molecular weight is 320 g/mol. The number of nitrogens with one attached hydrogen (secondary N) is 1. The zero-order valence-corrected chi connectivity index (χ0v) is 12.6. The molecule has 1 aromatic carbocycles. The van der Waals surface area contributed by atoms with Gasteiger partial charge in [-0.3, -0.25) is 0 Å². The van der Waals surface area contributed by atoms with Crippen molar-refractivity contribution in [3.8, 4) is 0 Å². The number of ether oxygens (including phenoxy) is 1. The largest absolute Gasteiger partial charge is 0.419 e. The van der Waals surface area contributed by atoms with Crippen molar-refractivity contribution in [1.82, 2.24) is 10.2 Å². The van der Waals surface area contributed by atoms with Crippen molar-refractivity contribution in [3.05, 3.63) is 35.1 Å². The summed E-state index contributed by atoms with van der Waals surface area (Å²) in [5.74, 6) is -1.25. The molecule has 0 amide bonds. The Morgan fingerprint density at radius 2 is 2.14 bits per heavy atom. The van der Waals surface area contributed by atoms with Crippen LogP contribution in [0.4, 0.5) is 17.6 Å². The number of rotatable bonds is 4. The molecule has 1 aliphatic heterocycles. The highest BCUT2D eigenvalue weighted by Crippen LogP contribution is 2.31. The van der Waals surface area contributed by atoms with Crippen LogP contribution >= 0.6 is 0 Å². The van der Waals surface area contributed by atoms with E-state index in [2.05, 4.69) is 10.2 Å². The molecule has 22 heavy (non-hydrogen) atoms. The Bertz CT molecular complexity index is 507. The number of likely N-dealkylation sites (N-methyl/N-ethyl adjacent to an activating group) is 1. The molecule has 1 N–H and O–H groups in total. The molecule has 1 aliphatic rings. The third kappa shape index (κ3) is 4.41. The summed E-state index contributed by atoms with van der Waals surface area (Å²) in [5, 5.41) is 3.15. The van der Waals surface area contributed by atoms with Gasteiger partial charge in [0.05, 0.1) is 18.3 Å². The Balaban J connectivity index is 1.96. The first-order valence-electron chi connectivity index (χ1n) is 7.16. The monoisotopic (exact) mass is 320 g/mol. The first-order chi connectivity index (χ1) is 10.3. The molecule has 0 unspecified atom stereocenters. The van der Waals surface area contributed by atoms with Gasteiger partial charge in [0.2, 0.25) is 0 Å². The third-order valence-electron chi connectivity index (χ3n) is 3.82. The number of morpholine rings is 1. The molecule has 2 atom stereocenters. The minimum absolute atomic E-state index is 0.0119. The Morgan fingerprint density at radius 1 is 1.41 bits per heavy atom. The van der Waals surface area contributed by atoms with Crippen molar-refractivity contribution >= 4 is 0 Å². The van der Waals surface area contributed by atoms with E-state index in [1.54, 1.807) is 0 Å². The number of alkyl halides is 3. The second kappa shape index (κ2) is 6.93. The van der Waals surface area contributed by atoms with Gasteiger partial charge in [0.1, 0.15) is 5.82 Å². The van der Waals surface area contributed by atoms with Crippen LogP contribution in [-0.4, -0.2) is 43.8 Å². The molecule has 0 bridgehead atoms. The van der Waals surface area contributed by atoms with Crippen molar-refractivity contribution in [2.45, 2.75) is 31.8 Å². The van der Waals surface area contributed by atoms with Crippen molar-refractivity contribution < 1.29 is 22.3 Å². The van der Waals surface area contributed by atoms with Crippen LogP contribution < -0.4 is 5.32 Å². The van der Waals surface area contributed by atoms with E-state index in [9.17, 15) is 17.6 Å². The van der Waals surface area contributed by atoms with E-state index in [0.717, 1.165) is 25.2 Å². The standard InChI is InChI=1S/C15H20F4N2O/c1-10(14-9-21(2)5-6-22-14)20-8-11-3-4-13(16)12(7-11)15(17,18)19/h3-4,7,10,14,20H,5-6,8-9H2,1-2H3/t10-,14+/m1/s1. The van der Waals surface area contributed by atoms with E-state index in [1.807, 2.05) is 14.0 Å². The van der Waals surface area contributed by atoms with Crippen molar-refractivity contribution in [1.29, 1.82) is 0 Å². The third-order valence-corrected chi connectivity index (χ3v) is 3.82. The quantitative estimate of drug-likeness (QED) is 0.863. The Kier molecular flexibility index (Phi) is 5.41. The minimum atomic E-state index is -4.68. The predicted octanol–water partition coefficient (Wildman–Crippen LogP) is 2.65. The molecule has 0 aliphatic carbocycles. The zero-order valence-electron chi connectivity index (χ0n) is 12.6. The van der Waals surface area contributed by atoms with Crippen LogP contribution in [0, 0.1) is 5.82 Å².